The summed E-state index contributed by atoms with van der Waals surface area (Å²) in [5, 5.41) is 13.8. The van der Waals surface area contributed by atoms with Crippen LogP contribution in [0.3, 0.4) is 0 Å². The summed E-state index contributed by atoms with van der Waals surface area (Å²) >= 11 is 0. The minimum atomic E-state index is -0.782. The third kappa shape index (κ3) is 3.12. The van der Waals surface area contributed by atoms with Crippen LogP contribution >= 0.6 is 0 Å². The molecule has 4 rings (SSSR count). The lowest BCUT2D eigenvalue weighted by Gasteiger charge is -2.26. The second-order valence-corrected chi connectivity index (χ2v) is 7.17. The first-order chi connectivity index (χ1) is 12.0. The van der Waals surface area contributed by atoms with Gasteiger partial charge < -0.3 is 15.3 Å². The van der Waals surface area contributed by atoms with E-state index in [9.17, 15) is 14.3 Å². The summed E-state index contributed by atoms with van der Waals surface area (Å²) in [4.78, 5) is 14.2. The number of nitrogens with one attached hydrogen (secondary N) is 1. The molecule has 4 nitrogen and oxygen atoms in total. The summed E-state index contributed by atoms with van der Waals surface area (Å²) in [6, 6.07) is 15.4. The largest absolute Gasteiger partial charge is 0.385 e. The van der Waals surface area contributed by atoms with Crippen LogP contribution in [0.5, 0.6) is 0 Å². The van der Waals surface area contributed by atoms with Crippen molar-refractivity contribution in [2.75, 3.05) is 18.4 Å². The number of urea groups is 1. The topological polar surface area (TPSA) is 52.6 Å². The van der Waals surface area contributed by atoms with Gasteiger partial charge in [0.05, 0.1) is 5.60 Å². The Morgan fingerprint density at radius 2 is 1.64 bits per heavy atom. The van der Waals surface area contributed by atoms with E-state index in [1.165, 1.54) is 12.1 Å². The van der Waals surface area contributed by atoms with E-state index in [1.54, 1.807) is 17.0 Å². The van der Waals surface area contributed by atoms with Gasteiger partial charge in [-0.3, -0.25) is 0 Å². The van der Waals surface area contributed by atoms with Crippen LogP contribution in [0.2, 0.25) is 0 Å². The minimum Gasteiger partial charge on any atom is -0.385 e. The summed E-state index contributed by atoms with van der Waals surface area (Å²) in [7, 11) is 0. The molecule has 25 heavy (non-hydrogen) atoms. The number of amides is 2. The van der Waals surface area contributed by atoms with Crippen molar-refractivity contribution in [3.05, 3.63) is 66.0 Å². The normalized spacial score (nSPS) is 28.0. The molecule has 0 spiro atoms. The van der Waals surface area contributed by atoms with Crippen molar-refractivity contribution in [1.82, 2.24) is 4.90 Å². The molecule has 2 fully saturated rings. The van der Waals surface area contributed by atoms with Crippen LogP contribution in [0.15, 0.2) is 54.6 Å². The van der Waals surface area contributed by atoms with Crippen LogP contribution in [0.1, 0.15) is 18.4 Å². The number of carbonyl (C=O) groups excluding carboxylic acids is 1. The highest BCUT2D eigenvalue weighted by Crippen LogP contribution is 2.48. The highest BCUT2D eigenvalue weighted by atomic mass is 19.1. The van der Waals surface area contributed by atoms with Crippen molar-refractivity contribution in [3.8, 4) is 0 Å². The lowest BCUT2D eigenvalue weighted by atomic mass is 9.90. The molecule has 2 N–H and O–H groups in total. The van der Waals surface area contributed by atoms with Crippen molar-refractivity contribution in [2.24, 2.45) is 11.8 Å². The van der Waals surface area contributed by atoms with Gasteiger partial charge in [-0.05, 0) is 54.5 Å². The summed E-state index contributed by atoms with van der Waals surface area (Å²) in [6.07, 6.45) is 1.37. The molecule has 1 saturated heterocycles. The average Bonchev–Trinajstić information content (AvgIpc) is 3.14. The molecule has 1 heterocycles. The van der Waals surface area contributed by atoms with Gasteiger partial charge in [0.2, 0.25) is 0 Å². The SMILES string of the molecule is O=C(Nc1ccc(F)cc1)N1C[C@@H]2CC(O)(c3ccccc3)C[C@@H]2C1. The number of benzene rings is 2. The number of carbonyl (C=O) groups is 1. The Morgan fingerprint density at radius 3 is 2.24 bits per heavy atom. The van der Waals surface area contributed by atoms with Gasteiger partial charge in [-0.1, -0.05) is 30.3 Å². The lowest BCUT2D eigenvalue weighted by molar-refractivity contribution is 0.0328. The fraction of sp³-hybridized carbons (Fsp3) is 0.350. The van der Waals surface area contributed by atoms with Gasteiger partial charge in [0.1, 0.15) is 5.82 Å². The zero-order valence-electron chi connectivity index (χ0n) is 13.9. The number of anilines is 1. The number of halogens is 1. The zero-order chi connectivity index (χ0) is 17.4. The number of rotatable bonds is 2. The molecule has 2 aromatic rings. The second kappa shape index (κ2) is 6.15. The number of nitrogens with zero attached hydrogens (tertiary/aromatic N) is 1. The minimum absolute atomic E-state index is 0.163. The monoisotopic (exact) mass is 340 g/mol. The molecule has 3 atom stereocenters. The highest BCUT2D eigenvalue weighted by molar-refractivity contribution is 5.89. The highest BCUT2D eigenvalue weighted by Gasteiger charge is 2.49. The smallest absolute Gasteiger partial charge is 0.321 e. The summed E-state index contributed by atoms with van der Waals surface area (Å²) < 4.78 is 12.9. The number of fused-ring (bicyclic) bond motifs is 1. The first kappa shape index (κ1) is 16.1. The van der Waals surface area contributed by atoms with E-state index in [0.717, 1.165) is 5.56 Å². The van der Waals surface area contributed by atoms with Gasteiger partial charge in [-0.15, -0.1) is 0 Å². The quantitative estimate of drug-likeness (QED) is 0.878. The molecule has 2 amide bonds. The van der Waals surface area contributed by atoms with Gasteiger partial charge in [-0.2, -0.15) is 0 Å². The molecule has 5 heteroatoms. The Kier molecular flexibility index (Phi) is 3.96. The Morgan fingerprint density at radius 1 is 1.04 bits per heavy atom. The molecule has 1 aliphatic carbocycles. The van der Waals surface area contributed by atoms with Crippen molar-refractivity contribution in [2.45, 2.75) is 18.4 Å². The van der Waals surface area contributed by atoms with E-state index >= 15 is 0 Å². The number of hydrogen-bond acceptors (Lipinski definition) is 2. The fourth-order valence-corrected chi connectivity index (χ4v) is 4.24. The fourth-order valence-electron chi connectivity index (χ4n) is 4.24. The van der Waals surface area contributed by atoms with Gasteiger partial charge in [0, 0.05) is 18.8 Å². The molecule has 0 bridgehead atoms. The first-order valence-corrected chi connectivity index (χ1v) is 8.63. The van der Waals surface area contributed by atoms with Crippen molar-refractivity contribution in [3.63, 3.8) is 0 Å². The maximum absolute atomic E-state index is 12.9. The van der Waals surface area contributed by atoms with Crippen LogP contribution in [-0.2, 0) is 5.60 Å². The van der Waals surface area contributed by atoms with E-state index in [2.05, 4.69) is 5.32 Å². The van der Waals surface area contributed by atoms with Gasteiger partial charge in [0.25, 0.3) is 0 Å². The molecule has 1 unspecified atom stereocenters. The second-order valence-electron chi connectivity index (χ2n) is 7.17. The van der Waals surface area contributed by atoms with E-state index in [1.807, 2.05) is 30.3 Å². The van der Waals surface area contributed by atoms with E-state index in [4.69, 9.17) is 0 Å². The standard InChI is InChI=1S/C20H21FN2O2/c21-17-6-8-18(9-7-17)22-19(24)23-12-14-10-20(25,11-15(14)13-23)16-4-2-1-3-5-16/h1-9,14-15,25H,10-13H2,(H,22,24)/t14-,15+,20?. The number of aliphatic hydroxyl groups is 1. The Bertz CT molecular complexity index is 749. The molecule has 0 radical (unpaired) electrons. The van der Waals surface area contributed by atoms with Crippen molar-refractivity contribution >= 4 is 11.7 Å². The van der Waals surface area contributed by atoms with E-state index in [-0.39, 0.29) is 11.8 Å². The zero-order valence-corrected chi connectivity index (χ0v) is 13.9. The summed E-state index contributed by atoms with van der Waals surface area (Å²) in [5.41, 5.74) is 0.770. The van der Waals surface area contributed by atoms with Crippen molar-refractivity contribution < 1.29 is 14.3 Å². The Labute approximate surface area is 146 Å². The van der Waals surface area contributed by atoms with Crippen LogP contribution in [0, 0.1) is 17.7 Å². The average molecular weight is 340 g/mol. The maximum Gasteiger partial charge on any atom is 0.321 e. The third-order valence-electron chi connectivity index (χ3n) is 5.47. The van der Waals surface area contributed by atoms with Crippen LogP contribution < -0.4 is 5.32 Å². The molecular formula is C20H21FN2O2. The van der Waals surface area contributed by atoms with Crippen molar-refractivity contribution in [1.29, 1.82) is 0 Å². The lowest BCUT2D eigenvalue weighted by Crippen LogP contribution is -2.35. The molecule has 2 aromatic carbocycles. The third-order valence-corrected chi connectivity index (χ3v) is 5.47. The predicted molar refractivity (Wildman–Crippen MR) is 93.5 cm³/mol. The molecule has 1 aliphatic heterocycles. The molecule has 2 aliphatic rings. The summed E-state index contributed by atoms with van der Waals surface area (Å²) in [5.74, 6) is 0.294. The molecule has 130 valence electrons. The number of likely N-dealkylation sites (tertiary alicyclic amines) is 1. The molecule has 0 aromatic heterocycles. The van der Waals surface area contributed by atoms with E-state index < -0.39 is 5.60 Å². The predicted octanol–water partition coefficient (Wildman–Crippen LogP) is 3.59. The molecular weight excluding hydrogens is 319 g/mol. The summed E-state index contributed by atoms with van der Waals surface area (Å²) in [6.45, 7) is 1.29. The van der Waals surface area contributed by atoms with Crippen LogP contribution in [0.4, 0.5) is 14.9 Å². The molecule has 1 saturated carbocycles. The Balaban J connectivity index is 1.39. The van der Waals surface area contributed by atoms with Gasteiger partial charge >= 0.3 is 6.03 Å². The van der Waals surface area contributed by atoms with Gasteiger partial charge in [-0.25, -0.2) is 9.18 Å². The number of hydrogen-bond donors (Lipinski definition) is 2. The Hall–Kier alpha value is -2.40. The first-order valence-electron chi connectivity index (χ1n) is 8.63. The van der Waals surface area contributed by atoms with E-state index in [0.29, 0.717) is 43.5 Å². The maximum atomic E-state index is 12.9. The van der Waals surface area contributed by atoms with Crippen LogP contribution in [0.25, 0.3) is 0 Å². The van der Waals surface area contributed by atoms with Gasteiger partial charge in [0.15, 0.2) is 0 Å². The van der Waals surface area contributed by atoms with Crippen LogP contribution in [-0.4, -0.2) is 29.1 Å².